The molecule has 1 heterocycles. The van der Waals surface area contributed by atoms with Crippen molar-refractivity contribution in [2.45, 2.75) is 53.0 Å². The third-order valence-electron chi connectivity index (χ3n) is 4.69. The maximum atomic E-state index is 13.0. The fraction of sp³-hybridized carbons (Fsp3) is 0.409. The van der Waals surface area contributed by atoms with E-state index in [9.17, 15) is 20.0 Å². The van der Waals surface area contributed by atoms with Gasteiger partial charge in [0.15, 0.2) is 5.78 Å². The standard InChI is InChI=1S/C22H26N2O4/c1-4-6-7-8-13-24-21(26)18(14-23)15(3)19(22(24)27)20(25)16-9-11-17(12-10-16)28-5-2/h9-12,27H,4-8,13H2,1-3H3. The van der Waals surface area contributed by atoms with Gasteiger partial charge in [0, 0.05) is 12.1 Å². The van der Waals surface area contributed by atoms with Crippen molar-refractivity contribution in [2.24, 2.45) is 0 Å². The summed E-state index contributed by atoms with van der Waals surface area (Å²) in [5, 5.41) is 20.1. The number of rotatable bonds is 9. The van der Waals surface area contributed by atoms with Crippen LogP contribution in [0.3, 0.4) is 0 Å². The number of carbonyl (C=O) groups is 1. The summed E-state index contributed by atoms with van der Waals surface area (Å²) >= 11 is 0. The van der Waals surface area contributed by atoms with Gasteiger partial charge in [-0.2, -0.15) is 5.26 Å². The van der Waals surface area contributed by atoms with E-state index in [4.69, 9.17) is 4.74 Å². The number of ether oxygens (including phenoxy) is 1. The van der Waals surface area contributed by atoms with Crippen LogP contribution in [0.5, 0.6) is 11.6 Å². The number of unbranched alkanes of at least 4 members (excludes halogenated alkanes) is 3. The Morgan fingerprint density at radius 3 is 2.43 bits per heavy atom. The van der Waals surface area contributed by atoms with Crippen molar-refractivity contribution >= 4 is 5.78 Å². The average Bonchev–Trinajstić information content (AvgIpc) is 2.68. The zero-order valence-corrected chi connectivity index (χ0v) is 16.6. The molecule has 0 atom stereocenters. The molecule has 0 amide bonds. The molecule has 2 aromatic rings. The van der Waals surface area contributed by atoms with Gasteiger partial charge in [0.2, 0.25) is 5.88 Å². The number of hydrogen-bond donors (Lipinski definition) is 1. The van der Waals surface area contributed by atoms with Gasteiger partial charge in [0.05, 0.1) is 12.2 Å². The Hall–Kier alpha value is -3.07. The van der Waals surface area contributed by atoms with Crippen molar-refractivity contribution in [1.29, 1.82) is 5.26 Å². The minimum atomic E-state index is -0.558. The Morgan fingerprint density at radius 1 is 1.18 bits per heavy atom. The smallest absolute Gasteiger partial charge is 0.271 e. The highest BCUT2D eigenvalue weighted by molar-refractivity contribution is 6.11. The molecule has 1 aromatic heterocycles. The molecular weight excluding hydrogens is 356 g/mol. The predicted octanol–water partition coefficient (Wildman–Crippen LogP) is 3.94. The Bertz CT molecular complexity index is 937. The van der Waals surface area contributed by atoms with E-state index >= 15 is 0 Å². The van der Waals surface area contributed by atoms with Crippen LogP contribution in [0, 0.1) is 18.3 Å². The van der Waals surface area contributed by atoms with Crippen LogP contribution < -0.4 is 10.3 Å². The molecule has 1 aromatic carbocycles. The highest BCUT2D eigenvalue weighted by atomic mass is 16.5. The van der Waals surface area contributed by atoms with E-state index < -0.39 is 11.3 Å². The highest BCUT2D eigenvalue weighted by Crippen LogP contribution is 2.26. The summed E-state index contributed by atoms with van der Waals surface area (Å²) < 4.78 is 6.52. The molecule has 6 heteroatoms. The first-order chi connectivity index (χ1) is 13.5. The van der Waals surface area contributed by atoms with Crippen LogP contribution >= 0.6 is 0 Å². The van der Waals surface area contributed by atoms with E-state index in [1.54, 1.807) is 24.3 Å². The second-order valence-corrected chi connectivity index (χ2v) is 6.61. The van der Waals surface area contributed by atoms with Crippen molar-refractivity contribution in [1.82, 2.24) is 4.57 Å². The number of nitrogens with zero attached hydrogens (tertiary/aromatic N) is 2. The second kappa shape index (κ2) is 9.75. The minimum Gasteiger partial charge on any atom is -0.494 e. The lowest BCUT2D eigenvalue weighted by Crippen LogP contribution is -2.27. The van der Waals surface area contributed by atoms with E-state index in [-0.39, 0.29) is 29.1 Å². The van der Waals surface area contributed by atoms with E-state index in [0.717, 1.165) is 23.8 Å². The Labute approximate surface area is 165 Å². The van der Waals surface area contributed by atoms with Gasteiger partial charge in [-0.05, 0) is 50.1 Å². The Morgan fingerprint density at radius 2 is 1.86 bits per heavy atom. The van der Waals surface area contributed by atoms with Gasteiger partial charge in [-0.1, -0.05) is 26.2 Å². The molecule has 0 spiro atoms. The minimum absolute atomic E-state index is 0.00389. The molecule has 0 aliphatic heterocycles. The molecule has 28 heavy (non-hydrogen) atoms. The van der Waals surface area contributed by atoms with Crippen LogP contribution in [0.25, 0.3) is 0 Å². The van der Waals surface area contributed by atoms with Gasteiger partial charge in [0.25, 0.3) is 5.56 Å². The molecule has 0 aliphatic rings. The monoisotopic (exact) mass is 382 g/mol. The summed E-state index contributed by atoms with van der Waals surface area (Å²) in [5.41, 5.74) is -0.119. The lowest BCUT2D eigenvalue weighted by Gasteiger charge is -2.15. The molecule has 6 nitrogen and oxygen atoms in total. The molecule has 1 N–H and O–H groups in total. The highest BCUT2D eigenvalue weighted by Gasteiger charge is 2.24. The zero-order chi connectivity index (χ0) is 20.7. The van der Waals surface area contributed by atoms with E-state index in [0.29, 0.717) is 24.3 Å². The summed E-state index contributed by atoms with van der Waals surface area (Å²) in [6.07, 6.45) is 3.65. The Balaban J connectivity index is 2.48. The van der Waals surface area contributed by atoms with Crippen molar-refractivity contribution in [3.63, 3.8) is 0 Å². The molecule has 0 radical (unpaired) electrons. The van der Waals surface area contributed by atoms with Crippen molar-refractivity contribution in [3.05, 3.63) is 56.9 Å². The fourth-order valence-electron chi connectivity index (χ4n) is 3.14. The topological polar surface area (TPSA) is 92.3 Å². The lowest BCUT2D eigenvalue weighted by molar-refractivity contribution is 0.103. The number of carbonyl (C=O) groups excluding carboxylic acids is 1. The number of ketones is 1. The maximum Gasteiger partial charge on any atom is 0.271 e. The number of aromatic nitrogens is 1. The van der Waals surface area contributed by atoms with Crippen LogP contribution in [0.15, 0.2) is 29.1 Å². The summed E-state index contributed by atoms with van der Waals surface area (Å²) in [6.45, 7) is 6.25. The quantitative estimate of drug-likeness (QED) is 0.524. The van der Waals surface area contributed by atoms with Crippen LogP contribution in [0.1, 0.15) is 66.6 Å². The molecule has 0 fully saturated rings. The van der Waals surface area contributed by atoms with Crippen LogP contribution in [0.4, 0.5) is 0 Å². The zero-order valence-electron chi connectivity index (χ0n) is 16.6. The fourth-order valence-corrected chi connectivity index (χ4v) is 3.14. The number of hydrogen-bond acceptors (Lipinski definition) is 5. The number of benzene rings is 1. The van der Waals surface area contributed by atoms with E-state index in [2.05, 4.69) is 6.92 Å². The van der Waals surface area contributed by atoms with Gasteiger partial charge < -0.3 is 9.84 Å². The summed E-state index contributed by atoms with van der Waals surface area (Å²) in [7, 11) is 0. The molecule has 0 saturated heterocycles. The molecule has 0 bridgehead atoms. The van der Waals surface area contributed by atoms with Gasteiger partial charge in [-0.15, -0.1) is 0 Å². The van der Waals surface area contributed by atoms with Crippen LogP contribution in [-0.4, -0.2) is 22.1 Å². The third-order valence-corrected chi connectivity index (χ3v) is 4.69. The lowest BCUT2D eigenvalue weighted by atomic mass is 9.97. The largest absolute Gasteiger partial charge is 0.494 e. The summed E-state index contributed by atoms with van der Waals surface area (Å²) in [5.74, 6) is -0.174. The number of nitriles is 1. The van der Waals surface area contributed by atoms with Crippen molar-refractivity contribution in [3.8, 4) is 17.7 Å². The number of aromatic hydroxyl groups is 1. The molecule has 0 saturated carbocycles. The average molecular weight is 382 g/mol. The van der Waals surface area contributed by atoms with Gasteiger partial charge in [-0.25, -0.2) is 0 Å². The molecular formula is C22H26N2O4. The predicted molar refractivity (Wildman–Crippen MR) is 107 cm³/mol. The first-order valence-electron chi connectivity index (χ1n) is 9.60. The normalized spacial score (nSPS) is 10.5. The first kappa shape index (κ1) is 21.2. The maximum absolute atomic E-state index is 13.0. The first-order valence-corrected chi connectivity index (χ1v) is 9.60. The van der Waals surface area contributed by atoms with Gasteiger partial charge in [0.1, 0.15) is 17.4 Å². The van der Waals surface area contributed by atoms with Gasteiger partial charge >= 0.3 is 0 Å². The second-order valence-electron chi connectivity index (χ2n) is 6.61. The molecule has 0 aliphatic carbocycles. The number of pyridine rings is 1. The summed E-state index contributed by atoms with van der Waals surface area (Å²) in [6, 6.07) is 8.45. The van der Waals surface area contributed by atoms with E-state index in [1.165, 1.54) is 6.92 Å². The van der Waals surface area contributed by atoms with E-state index in [1.807, 2.05) is 13.0 Å². The Kier molecular flexibility index (Phi) is 7.39. The summed E-state index contributed by atoms with van der Waals surface area (Å²) in [4.78, 5) is 25.6. The SMILES string of the molecule is CCCCCCn1c(O)c(C(=O)c2ccc(OCC)cc2)c(C)c(C#N)c1=O. The van der Waals surface area contributed by atoms with Gasteiger partial charge in [-0.3, -0.25) is 14.2 Å². The molecule has 148 valence electrons. The third kappa shape index (κ3) is 4.42. The molecule has 2 rings (SSSR count). The van der Waals surface area contributed by atoms with Crippen LogP contribution in [-0.2, 0) is 6.54 Å². The molecule has 0 unspecified atom stereocenters. The van der Waals surface area contributed by atoms with Crippen molar-refractivity contribution in [2.75, 3.05) is 6.61 Å². The van der Waals surface area contributed by atoms with Crippen molar-refractivity contribution < 1.29 is 14.6 Å². The van der Waals surface area contributed by atoms with Crippen LogP contribution in [0.2, 0.25) is 0 Å².